The molecule has 246 valence electrons. The first-order chi connectivity index (χ1) is 22.1. The SMILES string of the molecule is CC(C)(C)/C=C/c1ccc(C(Cc2ccc(C(=O)NCCS(=O)(=O)O)cc2)C(=O)Nc2cc(F)c(-c3ccc(F)cc3)cc2F)cc1. The molecule has 0 aliphatic heterocycles. The van der Waals surface area contributed by atoms with Gasteiger partial charge in [-0.2, -0.15) is 8.42 Å². The van der Waals surface area contributed by atoms with Crippen LogP contribution in [-0.4, -0.2) is 37.1 Å². The zero-order valence-corrected chi connectivity index (χ0v) is 26.9. The molecule has 1 atom stereocenters. The minimum absolute atomic E-state index is 0.0354. The van der Waals surface area contributed by atoms with Crippen LogP contribution in [0.4, 0.5) is 18.9 Å². The van der Waals surface area contributed by atoms with Gasteiger partial charge in [-0.3, -0.25) is 14.1 Å². The second kappa shape index (κ2) is 14.8. The van der Waals surface area contributed by atoms with Gasteiger partial charge >= 0.3 is 0 Å². The van der Waals surface area contributed by atoms with E-state index < -0.39 is 51.1 Å². The quantitative estimate of drug-likeness (QED) is 0.145. The summed E-state index contributed by atoms with van der Waals surface area (Å²) >= 11 is 0. The molecule has 1 unspecified atom stereocenters. The molecule has 0 saturated carbocycles. The van der Waals surface area contributed by atoms with Crippen LogP contribution >= 0.6 is 0 Å². The molecule has 4 rings (SSSR count). The Kier molecular flexibility index (Phi) is 11.0. The van der Waals surface area contributed by atoms with Crippen molar-refractivity contribution in [2.24, 2.45) is 5.41 Å². The van der Waals surface area contributed by atoms with Crippen molar-refractivity contribution in [3.8, 4) is 11.1 Å². The number of nitrogens with one attached hydrogen (secondary N) is 2. The van der Waals surface area contributed by atoms with Crippen molar-refractivity contribution in [1.82, 2.24) is 5.32 Å². The predicted octanol–water partition coefficient (Wildman–Crippen LogP) is 7.41. The smallest absolute Gasteiger partial charge is 0.266 e. The highest BCUT2D eigenvalue weighted by atomic mass is 32.2. The summed E-state index contributed by atoms with van der Waals surface area (Å²) in [5, 5.41) is 4.93. The zero-order chi connectivity index (χ0) is 34.4. The average Bonchev–Trinajstić information content (AvgIpc) is 3.00. The Labute approximate surface area is 272 Å². The van der Waals surface area contributed by atoms with E-state index in [-0.39, 0.29) is 40.8 Å². The van der Waals surface area contributed by atoms with Crippen molar-refractivity contribution < 1.29 is 35.7 Å². The first kappa shape index (κ1) is 35.1. The van der Waals surface area contributed by atoms with Crippen LogP contribution in [0, 0.1) is 22.9 Å². The maximum absolute atomic E-state index is 15.2. The lowest BCUT2D eigenvalue weighted by atomic mass is 9.89. The van der Waals surface area contributed by atoms with Gasteiger partial charge in [-0.25, -0.2) is 13.2 Å². The van der Waals surface area contributed by atoms with Gasteiger partial charge in [0.05, 0.1) is 17.4 Å². The maximum atomic E-state index is 15.2. The van der Waals surface area contributed by atoms with Crippen molar-refractivity contribution in [2.75, 3.05) is 17.6 Å². The standard InChI is InChI=1S/C36H35F3N2O5S/c1-36(2,3)17-16-23-4-8-26(9-5-23)30(20-24-6-10-27(11-7-24)34(42)40-18-19-47(44,45)46)35(43)41-33-22-31(38)29(21-32(33)39)25-12-14-28(37)15-13-25/h4-17,21-22,30H,18-20H2,1-3H3,(H,40,42)(H,41,43)(H,44,45,46)/b17-16+. The number of halogens is 3. The average molecular weight is 665 g/mol. The van der Waals surface area contributed by atoms with Gasteiger partial charge < -0.3 is 10.6 Å². The fraction of sp³-hybridized carbons (Fsp3) is 0.222. The number of amides is 2. The Bertz CT molecular complexity index is 1870. The van der Waals surface area contributed by atoms with E-state index in [1.807, 2.05) is 18.2 Å². The molecule has 0 aliphatic rings. The van der Waals surface area contributed by atoms with Crippen LogP contribution in [0.15, 0.2) is 91.0 Å². The Morgan fingerprint density at radius 3 is 2.11 bits per heavy atom. The third-order valence-corrected chi connectivity index (χ3v) is 7.92. The van der Waals surface area contributed by atoms with Gasteiger partial charge in [-0.05, 0) is 64.4 Å². The van der Waals surface area contributed by atoms with Gasteiger partial charge in [0, 0.05) is 23.7 Å². The van der Waals surface area contributed by atoms with E-state index in [2.05, 4.69) is 37.5 Å². The molecule has 4 aromatic carbocycles. The molecule has 0 heterocycles. The predicted molar refractivity (Wildman–Crippen MR) is 177 cm³/mol. The van der Waals surface area contributed by atoms with Gasteiger partial charge in [0.2, 0.25) is 5.91 Å². The van der Waals surface area contributed by atoms with Crippen molar-refractivity contribution in [3.05, 3.63) is 131 Å². The number of rotatable bonds is 11. The molecule has 0 saturated heterocycles. The highest BCUT2D eigenvalue weighted by Gasteiger charge is 2.24. The third kappa shape index (κ3) is 10.4. The van der Waals surface area contributed by atoms with Gasteiger partial charge in [0.25, 0.3) is 16.0 Å². The summed E-state index contributed by atoms with van der Waals surface area (Å²) in [6, 6.07) is 20.4. The van der Waals surface area contributed by atoms with Crippen LogP contribution < -0.4 is 10.6 Å². The van der Waals surface area contributed by atoms with E-state index in [0.29, 0.717) is 11.1 Å². The molecule has 4 aromatic rings. The van der Waals surface area contributed by atoms with E-state index in [1.165, 1.54) is 24.3 Å². The minimum atomic E-state index is -4.23. The summed E-state index contributed by atoms with van der Waals surface area (Å²) in [6.45, 7) is 5.94. The number of benzene rings is 4. The Morgan fingerprint density at radius 2 is 1.51 bits per heavy atom. The van der Waals surface area contributed by atoms with E-state index in [4.69, 9.17) is 4.55 Å². The van der Waals surface area contributed by atoms with Crippen molar-refractivity contribution in [1.29, 1.82) is 0 Å². The summed E-state index contributed by atoms with van der Waals surface area (Å²) in [6.07, 6.45) is 4.17. The van der Waals surface area contributed by atoms with Crippen LogP contribution in [0.2, 0.25) is 0 Å². The Balaban J connectivity index is 1.58. The maximum Gasteiger partial charge on any atom is 0.266 e. The largest absolute Gasteiger partial charge is 0.351 e. The first-order valence-electron chi connectivity index (χ1n) is 14.8. The number of anilines is 1. The number of carbonyl (C=O) groups is 2. The van der Waals surface area contributed by atoms with E-state index >= 15 is 8.78 Å². The molecule has 0 radical (unpaired) electrons. The molecule has 0 aliphatic carbocycles. The molecule has 2 amide bonds. The molecule has 0 spiro atoms. The van der Waals surface area contributed by atoms with Crippen LogP contribution in [0.5, 0.6) is 0 Å². The van der Waals surface area contributed by atoms with Gasteiger partial charge in [0.1, 0.15) is 17.5 Å². The summed E-state index contributed by atoms with van der Waals surface area (Å²) in [5.74, 6) is -4.80. The molecule has 11 heteroatoms. The second-order valence-corrected chi connectivity index (χ2v) is 13.7. The molecular weight excluding hydrogens is 629 g/mol. The number of hydrogen-bond acceptors (Lipinski definition) is 4. The summed E-state index contributed by atoms with van der Waals surface area (Å²) in [4.78, 5) is 26.1. The van der Waals surface area contributed by atoms with Gasteiger partial charge in [0.15, 0.2) is 0 Å². The molecule has 3 N–H and O–H groups in total. The van der Waals surface area contributed by atoms with E-state index in [1.54, 1.807) is 24.3 Å². The van der Waals surface area contributed by atoms with E-state index in [0.717, 1.165) is 29.8 Å². The highest BCUT2D eigenvalue weighted by molar-refractivity contribution is 7.85. The van der Waals surface area contributed by atoms with Gasteiger partial charge in [-0.1, -0.05) is 81.5 Å². The zero-order valence-electron chi connectivity index (χ0n) is 26.1. The lowest BCUT2D eigenvalue weighted by Crippen LogP contribution is -2.28. The Hall–Kier alpha value is -4.74. The summed E-state index contributed by atoms with van der Waals surface area (Å²) in [5.41, 5.74) is 2.22. The number of carbonyl (C=O) groups excluding carboxylic acids is 2. The molecular formula is C36H35F3N2O5S. The van der Waals surface area contributed by atoms with Crippen LogP contribution in [0.3, 0.4) is 0 Å². The van der Waals surface area contributed by atoms with Crippen molar-refractivity contribution in [2.45, 2.75) is 33.1 Å². The molecule has 47 heavy (non-hydrogen) atoms. The fourth-order valence-corrected chi connectivity index (χ4v) is 5.04. The lowest BCUT2D eigenvalue weighted by molar-refractivity contribution is -0.117. The summed E-state index contributed by atoms with van der Waals surface area (Å²) < 4.78 is 74.3. The highest BCUT2D eigenvalue weighted by Crippen LogP contribution is 2.30. The third-order valence-electron chi connectivity index (χ3n) is 7.20. The van der Waals surface area contributed by atoms with E-state index in [9.17, 15) is 22.4 Å². The first-order valence-corrected chi connectivity index (χ1v) is 16.4. The fourth-order valence-electron chi connectivity index (χ4n) is 4.68. The van der Waals surface area contributed by atoms with Crippen LogP contribution in [0.25, 0.3) is 17.2 Å². The van der Waals surface area contributed by atoms with Crippen molar-refractivity contribution >= 4 is 33.7 Å². The number of allylic oxidation sites excluding steroid dienone is 1. The van der Waals surface area contributed by atoms with Crippen LogP contribution in [-0.2, 0) is 21.3 Å². The topological polar surface area (TPSA) is 113 Å². The van der Waals surface area contributed by atoms with Crippen LogP contribution in [0.1, 0.15) is 53.7 Å². The minimum Gasteiger partial charge on any atom is -0.351 e. The summed E-state index contributed by atoms with van der Waals surface area (Å²) in [7, 11) is -4.23. The molecule has 0 fully saturated rings. The lowest BCUT2D eigenvalue weighted by Gasteiger charge is -2.19. The normalized spacial score (nSPS) is 12.6. The van der Waals surface area contributed by atoms with Crippen molar-refractivity contribution in [3.63, 3.8) is 0 Å². The molecule has 7 nitrogen and oxygen atoms in total. The Morgan fingerprint density at radius 1 is 0.872 bits per heavy atom. The number of hydrogen-bond donors (Lipinski definition) is 3. The molecule has 0 bridgehead atoms. The van der Waals surface area contributed by atoms with Gasteiger partial charge in [-0.15, -0.1) is 0 Å². The second-order valence-electron chi connectivity index (χ2n) is 12.2. The molecule has 0 aromatic heterocycles. The monoisotopic (exact) mass is 664 g/mol.